The van der Waals surface area contributed by atoms with Crippen LogP contribution in [0.4, 0.5) is 22.0 Å². The number of hydrogen-bond donors (Lipinski definition) is 2. The molecule has 0 bridgehead atoms. The maximum atomic E-state index is 14.4. The monoisotopic (exact) mass is 450 g/mol. The molecule has 3 aromatic rings. The second-order valence-corrected chi connectivity index (χ2v) is 7.81. The number of aryl methyl sites for hydroxylation is 1. The Morgan fingerprint density at radius 3 is 2.28 bits per heavy atom. The normalized spacial score (nSPS) is 14.7. The molecular weight excluding hydrogens is 427 g/mol. The van der Waals surface area contributed by atoms with Crippen molar-refractivity contribution in [1.29, 1.82) is 0 Å². The average Bonchev–Trinajstić information content (AvgIpc) is 2.73. The number of hydrogen-bond acceptors (Lipinski definition) is 3. The molecule has 0 aliphatic heterocycles. The number of nitrogens with zero attached hydrogens (tertiary/aromatic N) is 1. The Bertz CT molecular complexity index is 1000. The zero-order chi connectivity index (χ0) is 23.4. The molecule has 0 spiro atoms. The average molecular weight is 450 g/mol. The fourth-order valence-electron chi connectivity index (χ4n) is 3.75. The van der Waals surface area contributed by atoms with E-state index >= 15 is 0 Å². The number of nitrogens with one attached hydrogen (secondary N) is 1. The molecule has 3 rings (SSSR count). The van der Waals surface area contributed by atoms with Gasteiger partial charge in [0.15, 0.2) is 6.10 Å². The molecule has 1 heterocycles. The lowest BCUT2D eigenvalue weighted by Gasteiger charge is -2.35. The lowest BCUT2D eigenvalue weighted by Crippen LogP contribution is -2.46. The van der Waals surface area contributed by atoms with Gasteiger partial charge in [0, 0.05) is 13.1 Å². The predicted octanol–water partition coefficient (Wildman–Crippen LogP) is 4.71. The van der Waals surface area contributed by atoms with Crippen LogP contribution in [0.5, 0.6) is 0 Å². The van der Waals surface area contributed by atoms with Crippen LogP contribution in [0, 0.1) is 18.6 Å². The van der Waals surface area contributed by atoms with Gasteiger partial charge in [-0.25, -0.2) is 8.78 Å². The third kappa shape index (κ3) is 5.69. The van der Waals surface area contributed by atoms with E-state index < -0.39 is 35.9 Å². The highest BCUT2D eigenvalue weighted by molar-refractivity contribution is 5.41. The van der Waals surface area contributed by atoms with Crippen LogP contribution in [0.15, 0.2) is 66.9 Å². The Kier molecular flexibility index (Phi) is 7.26. The van der Waals surface area contributed by atoms with E-state index in [1.54, 1.807) is 13.0 Å². The molecule has 2 aromatic carbocycles. The zero-order valence-electron chi connectivity index (χ0n) is 17.3. The first kappa shape index (κ1) is 23.8. The molecule has 0 aliphatic rings. The number of aliphatic hydroxyl groups excluding tert-OH is 1. The highest BCUT2D eigenvalue weighted by Crippen LogP contribution is 2.36. The maximum absolute atomic E-state index is 14.4. The second kappa shape index (κ2) is 9.75. The molecule has 3 nitrogen and oxygen atoms in total. The molecule has 2 N–H and O–H groups in total. The summed E-state index contributed by atoms with van der Waals surface area (Å²) in [5.41, 5.74) is 1.16. The molecule has 2 atom stereocenters. The van der Waals surface area contributed by atoms with E-state index in [0.29, 0.717) is 16.8 Å². The molecule has 0 saturated heterocycles. The number of aromatic nitrogens is 1. The van der Waals surface area contributed by atoms with E-state index in [1.807, 2.05) is 30.3 Å². The quantitative estimate of drug-likeness (QED) is 0.489. The molecule has 170 valence electrons. The van der Waals surface area contributed by atoms with E-state index in [2.05, 4.69) is 10.3 Å². The van der Waals surface area contributed by atoms with Crippen LogP contribution in [-0.4, -0.2) is 35.5 Å². The summed E-state index contributed by atoms with van der Waals surface area (Å²) in [6, 6.07) is 16.2. The Labute approximate surface area is 182 Å². The van der Waals surface area contributed by atoms with Crippen molar-refractivity contribution in [1.82, 2.24) is 10.3 Å². The number of pyridine rings is 1. The van der Waals surface area contributed by atoms with Crippen molar-refractivity contribution >= 4 is 0 Å². The van der Waals surface area contributed by atoms with Gasteiger partial charge in [-0.05, 0) is 54.3 Å². The number of alkyl halides is 3. The molecule has 0 amide bonds. The first-order valence-corrected chi connectivity index (χ1v) is 9.99. The summed E-state index contributed by atoms with van der Waals surface area (Å²) in [5.74, 6) is -1.08. The largest absolute Gasteiger partial charge is 0.415 e. The topological polar surface area (TPSA) is 45.1 Å². The minimum atomic E-state index is -4.78. The maximum Gasteiger partial charge on any atom is 0.415 e. The zero-order valence-corrected chi connectivity index (χ0v) is 17.3. The van der Waals surface area contributed by atoms with Gasteiger partial charge >= 0.3 is 6.18 Å². The molecule has 0 radical (unpaired) electrons. The van der Waals surface area contributed by atoms with Crippen LogP contribution in [0.1, 0.15) is 22.4 Å². The first-order valence-electron chi connectivity index (χ1n) is 9.99. The van der Waals surface area contributed by atoms with E-state index in [-0.39, 0.29) is 13.0 Å². The Balaban J connectivity index is 2.11. The van der Waals surface area contributed by atoms with Crippen molar-refractivity contribution in [3.63, 3.8) is 0 Å². The van der Waals surface area contributed by atoms with Crippen molar-refractivity contribution in [3.8, 4) is 0 Å². The summed E-state index contributed by atoms with van der Waals surface area (Å²) in [7, 11) is 0. The summed E-state index contributed by atoms with van der Waals surface area (Å²) < 4.78 is 66.5. The van der Waals surface area contributed by atoms with Gasteiger partial charge in [-0.15, -0.1) is 0 Å². The van der Waals surface area contributed by atoms with Crippen molar-refractivity contribution < 1.29 is 27.1 Å². The number of benzene rings is 2. The summed E-state index contributed by atoms with van der Waals surface area (Å²) in [5, 5.41) is 12.1. The molecule has 0 saturated carbocycles. The SMILES string of the molecule is Cc1cc(F)cc([C@](CNC[C@@H](O)C(F)(F)F)(Cc2ccccc2)c2ccc(F)cn2)c1. The lowest BCUT2D eigenvalue weighted by molar-refractivity contribution is -0.201. The van der Waals surface area contributed by atoms with E-state index in [9.17, 15) is 27.1 Å². The number of aliphatic hydroxyl groups is 1. The Morgan fingerprint density at radius 1 is 0.969 bits per heavy atom. The van der Waals surface area contributed by atoms with E-state index in [1.165, 1.54) is 24.3 Å². The summed E-state index contributed by atoms with van der Waals surface area (Å²) >= 11 is 0. The summed E-state index contributed by atoms with van der Waals surface area (Å²) in [6.07, 6.45) is -6.07. The first-order chi connectivity index (χ1) is 15.1. The van der Waals surface area contributed by atoms with Crippen LogP contribution in [-0.2, 0) is 11.8 Å². The van der Waals surface area contributed by atoms with Crippen molar-refractivity contribution in [3.05, 3.63) is 101 Å². The van der Waals surface area contributed by atoms with Crippen LogP contribution in [0.2, 0.25) is 0 Å². The summed E-state index contributed by atoms with van der Waals surface area (Å²) in [4.78, 5) is 4.21. The minimum absolute atomic E-state index is 0.101. The summed E-state index contributed by atoms with van der Waals surface area (Å²) in [6.45, 7) is 0.852. The van der Waals surface area contributed by atoms with Gasteiger partial charge in [-0.1, -0.05) is 36.4 Å². The molecule has 1 aromatic heterocycles. The van der Waals surface area contributed by atoms with Crippen LogP contribution >= 0.6 is 0 Å². The molecular formula is C24H23F5N2O. The van der Waals surface area contributed by atoms with Crippen molar-refractivity contribution in [2.75, 3.05) is 13.1 Å². The fraction of sp³-hybridized carbons (Fsp3) is 0.292. The molecule has 32 heavy (non-hydrogen) atoms. The Hall–Kier alpha value is -2.84. The smallest absolute Gasteiger partial charge is 0.382 e. The number of halogens is 5. The van der Waals surface area contributed by atoms with Gasteiger partial charge in [-0.2, -0.15) is 13.2 Å². The van der Waals surface area contributed by atoms with Gasteiger partial charge in [0.1, 0.15) is 11.6 Å². The molecule has 8 heteroatoms. The van der Waals surface area contributed by atoms with Gasteiger partial charge in [0.25, 0.3) is 0 Å². The highest BCUT2D eigenvalue weighted by atomic mass is 19.4. The van der Waals surface area contributed by atoms with Crippen molar-refractivity contribution in [2.45, 2.75) is 31.0 Å². The van der Waals surface area contributed by atoms with Gasteiger partial charge in [0.2, 0.25) is 0 Å². The van der Waals surface area contributed by atoms with Crippen LogP contribution < -0.4 is 5.32 Å². The Morgan fingerprint density at radius 2 is 1.69 bits per heavy atom. The molecule has 0 unspecified atom stereocenters. The van der Waals surface area contributed by atoms with Gasteiger partial charge < -0.3 is 10.4 Å². The van der Waals surface area contributed by atoms with E-state index in [4.69, 9.17) is 0 Å². The lowest BCUT2D eigenvalue weighted by atomic mass is 9.72. The third-order valence-corrected chi connectivity index (χ3v) is 5.30. The van der Waals surface area contributed by atoms with Crippen molar-refractivity contribution in [2.24, 2.45) is 0 Å². The van der Waals surface area contributed by atoms with Gasteiger partial charge in [-0.3, -0.25) is 4.98 Å². The minimum Gasteiger partial charge on any atom is -0.382 e. The predicted molar refractivity (Wildman–Crippen MR) is 111 cm³/mol. The van der Waals surface area contributed by atoms with Crippen LogP contribution in [0.3, 0.4) is 0 Å². The van der Waals surface area contributed by atoms with E-state index in [0.717, 1.165) is 11.8 Å². The highest BCUT2D eigenvalue weighted by Gasteiger charge is 2.40. The number of rotatable bonds is 8. The van der Waals surface area contributed by atoms with Gasteiger partial charge in [0.05, 0.1) is 17.3 Å². The standard InChI is InChI=1S/C24H23F5N2O/c1-16-9-18(11-20(26)10-16)23(12-17-5-3-2-4-6-17,21-8-7-19(25)13-31-21)15-30-14-22(32)24(27,28)29/h2-11,13,22,30,32H,12,14-15H2,1H3/t22-,23-/m1/s1. The van der Waals surface area contributed by atoms with Crippen LogP contribution in [0.25, 0.3) is 0 Å². The molecule has 0 fully saturated rings. The molecule has 0 aliphatic carbocycles. The fourth-order valence-corrected chi connectivity index (χ4v) is 3.75. The third-order valence-electron chi connectivity index (χ3n) is 5.30. The second-order valence-electron chi connectivity index (χ2n) is 7.81.